The van der Waals surface area contributed by atoms with E-state index in [0.717, 1.165) is 31.5 Å². The molecule has 0 unspecified atom stereocenters. The number of para-hydroxylation sites is 1. The third-order valence-corrected chi connectivity index (χ3v) is 5.29. The minimum absolute atomic E-state index is 0.211. The average Bonchev–Trinajstić information content (AvgIpc) is 3.24. The summed E-state index contributed by atoms with van der Waals surface area (Å²) in [5, 5.41) is 4.29. The van der Waals surface area contributed by atoms with Gasteiger partial charge in [-0.15, -0.1) is 0 Å². The summed E-state index contributed by atoms with van der Waals surface area (Å²) in [6.07, 6.45) is 7.19. The van der Waals surface area contributed by atoms with Crippen LogP contribution in [0.2, 0.25) is 0 Å². The first-order chi connectivity index (χ1) is 11.6. The highest BCUT2D eigenvalue weighted by Crippen LogP contribution is 2.34. The summed E-state index contributed by atoms with van der Waals surface area (Å²) < 4.78 is 1.84. The average molecular weight is 324 g/mol. The fourth-order valence-electron chi connectivity index (χ4n) is 4.20. The number of likely N-dealkylation sites (tertiary alicyclic amines) is 1. The first kappa shape index (κ1) is 15.4. The quantitative estimate of drug-likeness (QED) is 0.871. The molecule has 1 amide bonds. The number of aryl methyl sites for hydroxylation is 1. The zero-order valence-electron chi connectivity index (χ0n) is 14.4. The van der Waals surface area contributed by atoms with E-state index in [1.165, 1.54) is 11.1 Å². The lowest BCUT2D eigenvalue weighted by Crippen LogP contribution is -2.43. The molecule has 0 radical (unpaired) electrons. The van der Waals surface area contributed by atoms with Crippen molar-refractivity contribution in [2.45, 2.75) is 38.3 Å². The molecule has 5 heteroatoms. The lowest BCUT2D eigenvalue weighted by atomic mass is 10.1. The van der Waals surface area contributed by atoms with Crippen LogP contribution in [0.5, 0.6) is 0 Å². The first-order valence-corrected chi connectivity index (χ1v) is 8.76. The molecular formula is C19H24N4O. The molecule has 2 aromatic rings. The summed E-state index contributed by atoms with van der Waals surface area (Å²) in [6.45, 7) is 3.61. The third-order valence-electron chi connectivity index (χ3n) is 5.29. The minimum Gasteiger partial charge on any atom is -0.308 e. The van der Waals surface area contributed by atoms with Gasteiger partial charge in [0.25, 0.3) is 0 Å². The van der Waals surface area contributed by atoms with Crippen LogP contribution >= 0.6 is 0 Å². The number of hydrogen-bond acceptors (Lipinski definition) is 3. The van der Waals surface area contributed by atoms with Gasteiger partial charge in [-0.2, -0.15) is 5.10 Å². The lowest BCUT2D eigenvalue weighted by Gasteiger charge is -2.28. The van der Waals surface area contributed by atoms with Crippen LogP contribution in [0.25, 0.3) is 0 Å². The van der Waals surface area contributed by atoms with Crippen LogP contribution < -0.4 is 4.90 Å². The van der Waals surface area contributed by atoms with Gasteiger partial charge >= 0.3 is 0 Å². The Morgan fingerprint density at radius 3 is 2.96 bits per heavy atom. The highest BCUT2D eigenvalue weighted by molar-refractivity contribution is 5.97. The van der Waals surface area contributed by atoms with Crippen molar-refractivity contribution in [2.75, 3.05) is 18.0 Å². The second-order valence-electron chi connectivity index (χ2n) is 7.02. The molecule has 0 N–H and O–H groups in total. The maximum absolute atomic E-state index is 13.0. The molecule has 2 atom stereocenters. The SMILES string of the molecule is C[C@H]1Cc2ccccc2N1C(=O)CN1CCC[C@@H]1c1cnn(C)c1. The Kier molecular flexibility index (Phi) is 3.88. The maximum atomic E-state index is 13.0. The van der Waals surface area contributed by atoms with Crippen LogP contribution in [-0.4, -0.2) is 39.7 Å². The topological polar surface area (TPSA) is 41.4 Å². The molecular weight excluding hydrogens is 300 g/mol. The van der Waals surface area contributed by atoms with Gasteiger partial charge in [-0.3, -0.25) is 14.4 Å². The van der Waals surface area contributed by atoms with Crippen LogP contribution in [0.1, 0.15) is 36.9 Å². The van der Waals surface area contributed by atoms with Gasteiger partial charge in [0.2, 0.25) is 5.91 Å². The van der Waals surface area contributed by atoms with E-state index in [2.05, 4.69) is 41.3 Å². The Morgan fingerprint density at radius 1 is 1.33 bits per heavy atom. The molecule has 0 saturated carbocycles. The normalized spacial score (nSPS) is 23.7. The smallest absolute Gasteiger partial charge is 0.241 e. The number of fused-ring (bicyclic) bond motifs is 1. The largest absolute Gasteiger partial charge is 0.308 e. The van der Waals surface area contributed by atoms with Gasteiger partial charge in [0.1, 0.15) is 0 Å². The number of hydrogen-bond donors (Lipinski definition) is 0. The molecule has 1 aromatic carbocycles. The van der Waals surface area contributed by atoms with Crippen molar-refractivity contribution in [3.8, 4) is 0 Å². The molecule has 4 rings (SSSR count). The monoisotopic (exact) mass is 324 g/mol. The standard InChI is InChI=1S/C19H24N4O/c1-14-10-15-6-3-4-7-18(15)23(14)19(24)13-22-9-5-8-17(22)16-11-20-21(2)12-16/h3-4,6-7,11-12,14,17H,5,8-10,13H2,1-2H3/t14-,17+/m0/s1. The molecule has 2 aliphatic heterocycles. The van der Waals surface area contributed by atoms with Crippen molar-refractivity contribution in [3.63, 3.8) is 0 Å². The molecule has 1 saturated heterocycles. The number of carbonyl (C=O) groups is 1. The summed E-state index contributed by atoms with van der Waals surface area (Å²) in [4.78, 5) is 17.3. The molecule has 5 nitrogen and oxygen atoms in total. The number of benzene rings is 1. The third kappa shape index (κ3) is 2.63. The number of carbonyl (C=O) groups excluding carboxylic acids is 1. The van der Waals surface area contributed by atoms with Crippen molar-refractivity contribution in [1.29, 1.82) is 0 Å². The Labute approximate surface area is 142 Å². The van der Waals surface area contributed by atoms with Crippen molar-refractivity contribution < 1.29 is 4.79 Å². The van der Waals surface area contributed by atoms with E-state index >= 15 is 0 Å². The Hall–Kier alpha value is -2.14. The van der Waals surface area contributed by atoms with Crippen molar-refractivity contribution in [1.82, 2.24) is 14.7 Å². The number of aromatic nitrogens is 2. The van der Waals surface area contributed by atoms with Crippen LogP contribution in [0.4, 0.5) is 5.69 Å². The second kappa shape index (κ2) is 6.06. The van der Waals surface area contributed by atoms with E-state index in [9.17, 15) is 4.79 Å². The first-order valence-electron chi connectivity index (χ1n) is 8.76. The van der Waals surface area contributed by atoms with Gasteiger partial charge < -0.3 is 4.90 Å². The predicted octanol–water partition coefficient (Wildman–Crippen LogP) is 2.53. The number of amides is 1. The number of rotatable bonds is 3. The van der Waals surface area contributed by atoms with Gasteiger partial charge in [-0.25, -0.2) is 0 Å². The molecule has 1 aromatic heterocycles. The Morgan fingerprint density at radius 2 is 2.17 bits per heavy atom. The summed E-state index contributed by atoms with van der Waals surface area (Å²) in [7, 11) is 1.94. The zero-order chi connectivity index (χ0) is 16.7. The number of anilines is 1. The van der Waals surface area contributed by atoms with E-state index < -0.39 is 0 Å². The molecule has 126 valence electrons. The Balaban J connectivity index is 1.52. The van der Waals surface area contributed by atoms with E-state index in [0.29, 0.717) is 12.6 Å². The molecule has 3 heterocycles. The molecule has 0 spiro atoms. The highest BCUT2D eigenvalue weighted by atomic mass is 16.2. The van der Waals surface area contributed by atoms with E-state index in [-0.39, 0.29) is 11.9 Å². The van der Waals surface area contributed by atoms with Crippen molar-refractivity contribution in [3.05, 3.63) is 47.8 Å². The van der Waals surface area contributed by atoms with Gasteiger partial charge in [0, 0.05) is 36.6 Å². The second-order valence-corrected chi connectivity index (χ2v) is 7.02. The maximum Gasteiger partial charge on any atom is 0.241 e. The molecule has 2 aliphatic rings. The summed E-state index contributed by atoms with van der Waals surface area (Å²) in [5.74, 6) is 0.211. The summed E-state index contributed by atoms with van der Waals surface area (Å²) >= 11 is 0. The zero-order valence-corrected chi connectivity index (χ0v) is 14.4. The lowest BCUT2D eigenvalue weighted by molar-refractivity contribution is -0.120. The Bertz CT molecular complexity index is 753. The van der Waals surface area contributed by atoms with Crippen molar-refractivity contribution in [2.24, 2.45) is 7.05 Å². The van der Waals surface area contributed by atoms with Crippen LogP contribution in [0.3, 0.4) is 0 Å². The molecule has 0 aliphatic carbocycles. The van der Waals surface area contributed by atoms with Gasteiger partial charge in [0.05, 0.1) is 12.7 Å². The fourth-order valence-corrected chi connectivity index (χ4v) is 4.20. The van der Waals surface area contributed by atoms with E-state index in [4.69, 9.17) is 0 Å². The van der Waals surface area contributed by atoms with Gasteiger partial charge in [-0.1, -0.05) is 18.2 Å². The molecule has 0 bridgehead atoms. The predicted molar refractivity (Wildman–Crippen MR) is 93.9 cm³/mol. The van der Waals surface area contributed by atoms with Crippen LogP contribution in [-0.2, 0) is 18.3 Å². The molecule has 1 fully saturated rings. The number of nitrogens with zero attached hydrogens (tertiary/aromatic N) is 4. The van der Waals surface area contributed by atoms with Crippen molar-refractivity contribution >= 4 is 11.6 Å². The minimum atomic E-state index is 0.211. The molecule has 24 heavy (non-hydrogen) atoms. The van der Waals surface area contributed by atoms with Crippen LogP contribution in [0, 0.1) is 0 Å². The van der Waals surface area contributed by atoms with E-state index in [1.807, 2.05) is 28.9 Å². The van der Waals surface area contributed by atoms with Crippen LogP contribution in [0.15, 0.2) is 36.7 Å². The fraction of sp³-hybridized carbons (Fsp3) is 0.474. The van der Waals surface area contributed by atoms with Gasteiger partial charge in [0.15, 0.2) is 0 Å². The summed E-state index contributed by atoms with van der Waals surface area (Å²) in [5.41, 5.74) is 3.59. The highest BCUT2D eigenvalue weighted by Gasteiger charge is 2.34. The summed E-state index contributed by atoms with van der Waals surface area (Å²) in [6, 6.07) is 8.83. The van der Waals surface area contributed by atoms with Gasteiger partial charge in [-0.05, 0) is 44.4 Å². The van der Waals surface area contributed by atoms with E-state index in [1.54, 1.807) is 0 Å².